The number of rotatable bonds is 4. The number of nitrogens with zero attached hydrogens (tertiary/aromatic N) is 1. The number of benzene rings is 1. The summed E-state index contributed by atoms with van der Waals surface area (Å²) in [7, 11) is 4.09. The Morgan fingerprint density at radius 3 is 2.56 bits per heavy atom. The summed E-state index contributed by atoms with van der Waals surface area (Å²) in [4.78, 5) is 14.0. The molecule has 182 valence electrons. The highest BCUT2D eigenvalue weighted by Gasteiger charge is 2.60. The molecule has 2 aliphatic carbocycles. The number of carbonyl (C=O) groups excluding carboxylic acids is 1. The summed E-state index contributed by atoms with van der Waals surface area (Å²) < 4.78 is 18.1. The average Bonchev–Trinajstić information content (AvgIpc) is 3.22. The van der Waals surface area contributed by atoms with Gasteiger partial charge in [0.25, 0.3) is 0 Å². The predicted octanol–water partition coefficient (Wildman–Crippen LogP) is 5.59. The molecule has 0 spiro atoms. The van der Waals surface area contributed by atoms with Crippen molar-refractivity contribution in [1.29, 1.82) is 0 Å². The first kappa shape index (κ1) is 23.4. The minimum Gasteiger partial charge on any atom is -0.458 e. The molecule has 34 heavy (non-hydrogen) atoms. The molecule has 2 aliphatic heterocycles. The number of anilines is 1. The molecule has 6 unspecified atom stereocenters. The van der Waals surface area contributed by atoms with Gasteiger partial charge in [0.15, 0.2) is 6.29 Å². The van der Waals surface area contributed by atoms with Crippen molar-refractivity contribution in [2.75, 3.05) is 32.2 Å². The molecule has 1 saturated heterocycles. The van der Waals surface area contributed by atoms with E-state index in [0.29, 0.717) is 24.7 Å². The van der Waals surface area contributed by atoms with Crippen LogP contribution in [-0.2, 0) is 19.0 Å². The largest absolute Gasteiger partial charge is 0.458 e. The number of allylic oxidation sites excluding steroid dienone is 2. The Morgan fingerprint density at radius 2 is 1.88 bits per heavy atom. The van der Waals surface area contributed by atoms with E-state index in [4.69, 9.17) is 14.2 Å². The Morgan fingerprint density at radius 1 is 1.12 bits per heavy atom. The van der Waals surface area contributed by atoms with Crippen molar-refractivity contribution in [2.45, 2.75) is 51.9 Å². The quantitative estimate of drug-likeness (QED) is 0.430. The monoisotopic (exact) mass is 463 g/mol. The van der Waals surface area contributed by atoms with Crippen LogP contribution in [-0.4, -0.2) is 39.4 Å². The second-order valence-corrected chi connectivity index (χ2v) is 11.1. The highest BCUT2D eigenvalue weighted by atomic mass is 16.7. The van der Waals surface area contributed by atoms with Crippen LogP contribution in [0.25, 0.3) is 0 Å². The molecule has 1 aromatic carbocycles. The third kappa shape index (κ3) is 3.83. The zero-order chi connectivity index (χ0) is 24.1. The van der Waals surface area contributed by atoms with Gasteiger partial charge in [-0.05, 0) is 55.2 Å². The van der Waals surface area contributed by atoms with Gasteiger partial charge < -0.3 is 19.1 Å². The van der Waals surface area contributed by atoms with E-state index in [1.807, 2.05) is 26.2 Å². The molecule has 0 amide bonds. The number of cyclic esters (lactones) is 1. The second kappa shape index (κ2) is 8.69. The zero-order valence-electron chi connectivity index (χ0n) is 20.9. The topological polar surface area (TPSA) is 48.0 Å². The first-order valence-corrected chi connectivity index (χ1v) is 12.5. The molecule has 0 bridgehead atoms. The fraction of sp³-hybridized carbons (Fsp3) is 0.552. The van der Waals surface area contributed by atoms with Crippen molar-refractivity contribution < 1.29 is 19.0 Å². The van der Waals surface area contributed by atoms with Crippen LogP contribution >= 0.6 is 0 Å². The molecule has 5 nitrogen and oxygen atoms in total. The maximum Gasteiger partial charge on any atom is 0.338 e. The number of carbonyl (C=O) groups is 1. The van der Waals surface area contributed by atoms with Gasteiger partial charge in [0.1, 0.15) is 6.61 Å². The van der Waals surface area contributed by atoms with Crippen LogP contribution < -0.4 is 4.90 Å². The molecule has 0 N–H and O–H groups in total. The normalized spacial score (nSPS) is 37.7. The lowest BCUT2D eigenvalue weighted by atomic mass is 9.46. The van der Waals surface area contributed by atoms with Crippen LogP contribution in [0.3, 0.4) is 0 Å². The third-order valence-corrected chi connectivity index (χ3v) is 8.91. The van der Waals surface area contributed by atoms with Crippen LogP contribution in [0.2, 0.25) is 0 Å². The molecule has 0 radical (unpaired) electrons. The summed E-state index contributed by atoms with van der Waals surface area (Å²) in [6.07, 6.45) is 10.0. The van der Waals surface area contributed by atoms with Crippen molar-refractivity contribution in [3.05, 3.63) is 65.8 Å². The second-order valence-electron chi connectivity index (χ2n) is 11.1. The molecule has 3 fully saturated rings. The zero-order valence-corrected chi connectivity index (χ0v) is 20.9. The van der Waals surface area contributed by atoms with E-state index in [2.05, 4.69) is 55.7 Å². The van der Waals surface area contributed by atoms with Crippen LogP contribution in [0.4, 0.5) is 5.69 Å². The summed E-state index contributed by atoms with van der Waals surface area (Å²) in [6.45, 7) is 10.3. The van der Waals surface area contributed by atoms with Crippen LogP contribution in [0.1, 0.15) is 51.4 Å². The van der Waals surface area contributed by atoms with Crippen molar-refractivity contribution >= 4 is 11.7 Å². The van der Waals surface area contributed by atoms with E-state index >= 15 is 0 Å². The Bertz CT molecular complexity index is 1030. The lowest BCUT2D eigenvalue weighted by Crippen LogP contribution is -2.60. The van der Waals surface area contributed by atoms with Crippen LogP contribution in [0.5, 0.6) is 0 Å². The van der Waals surface area contributed by atoms with Gasteiger partial charge in [0.05, 0.1) is 18.3 Å². The molecule has 5 rings (SSSR count). The summed E-state index contributed by atoms with van der Waals surface area (Å²) in [5.41, 5.74) is 4.18. The molecule has 6 atom stereocenters. The molecule has 2 saturated carbocycles. The average molecular weight is 464 g/mol. The van der Waals surface area contributed by atoms with Gasteiger partial charge in [0, 0.05) is 36.7 Å². The standard InChI is InChI=1S/C29H37NO4/c1-19-6-13-24-28(2,23(19)12-9-20-15-17-32-26(20)31)16-14-25-29(24,3)18-33-27(34-25)21-7-10-22(11-8-21)30(4)5/h7-12,15,23-25,27H,1,6,13-14,16-18H2,2-5H3/b12-9+. The summed E-state index contributed by atoms with van der Waals surface area (Å²) in [5.74, 6) is 0.462. The van der Waals surface area contributed by atoms with Gasteiger partial charge in [-0.15, -0.1) is 0 Å². The Kier molecular flexibility index (Phi) is 5.97. The lowest BCUT2D eigenvalue weighted by molar-refractivity contribution is -0.306. The number of fused-ring (bicyclic) bond motifs is 3. The van der Waals surface area contributed by atoms with Crippen LogP contribution in [0, 0.1) is 22.7 Å². The molecular weight excluding hydrogens is 426 g/mol. The summed E-state index contributed by atoms with van der Waals surface area (Å²) >= 11 is 0. The Balaban J connectivity index is 1.36. The van der Waals surface area contributed by atoms with Crippen molar-refractivity contribution in [3.63, 3.8) is 0 Å². The van der Waals surface area contributed by atoms with E-state index in [-0.39, 0.29) is 35.1 Å². The molecular formula is C29H37NO4. The SMILES string of the molecule is C=C1CCC2C3(C)COC(c4ccc(N(C)C)cc4)OC3CCC2(C)C1/C=C/C1=CCOC1=O. The van der Waals surface area contributed by atoms with Gasteiger partial charge >= 0.3 is 5.97 Å². The predicted molar refractivity (Wildman–Crippen MR) is 133 cm³/mol. The fourth-order valence-electron chi connectivity index (χ4n) is 6.94. The highest BCUT2D eigenvalue weighted by Crippen LogP contribution is 2.63. The summed E-state index contributed by atoms with van der Waals surface area (Å²) in [5, 5.41) is 0. The van der Waals surface area contributed by atoms with E-state index in [1.54, 1.807) is 0 Å². The highest BCUT2D eigenvalue weighted by molar-refractivity contribution is 5.93. The molecule has 5 heteroatoms. The molecule has 2 heterocycles. The van der Waals surface area contributed by atoms with Gasteiger partial charge in [0.2, 0.25) is 0 Å². The van der Waals surface area contributed by atoms with Gasteiger partial charge in [-0.25, -0.2) is 4.79 Å². The smallest absolute Gasteiger partial charge is 0.338 e. The van der Waals surface area contributed by atoms with Crippen molar-refractivity contribution in [3.8, 4) is 0 Å². The molecule has 4 aliphatic rings. The van der Waals surface area contributed by atoms with Crippen LogP contribution in [0.15, 0.2) is 60.2 Å². The maximum atomic E-state index is 11.9. The van der Waals surface area contributed by atoms with E-state index < -0.39 is 0 Å². The number of ether oxygens (including phenoxy) is 3. The van der Waals surface area contributed by atoms with Crippen molar-refractivity contribution in [1.82, 2.24) is 0 Å². The number of esters is 1. The maximum absolute atomic E-state index is 11.9. The van der Waals surface area contributed by atoms with Gasteiger partial charge in [-0.3, -0.25) is 0 Å². The first-order chi connectivity index (χ1) is 16.2. The van der Waals surface area contributed by atoms with E-state index in [9.17, 15) is 4.79 Å². The number of hydrogen-bond acceptors (Lipinski definition) is 5. The van der Waals surface area contributed by atoms with Gasteiger partial charge in [-0.2, -0.15) is 0 Å². The Labute approximate surface area is 203 Å². The lowest BCUT2D eigenvalue weighted by Gasteiger charge is -2.62. The minimum atomic E-state index is -0.312. The molecule has 1 aromatic rings. The first-order valence-electron chi connectivity index (χ1n) is 12.5. The van der Waals surface area contributed by atoms with Crippen molar-refractivity contribution in [2.24, 2.45) is 22.7 Å². The third-order valence-electron chi connectivity index (χ3n) is 8.91. The summed E-state index contributed by atoms with van der Waals surface area (Å²) in [6, 6.07) is 8.47. The minimum absolute atomic E-state index is 0.0502. The number of hydrogen-bond donors (Lipinski definition) is 0. The molecule has 0 aromatic heterocycles. The van der Waals surface area contributed by atoms with E-state index in [0.717, 1.165) is 31.2 Å². The Hall–Kier alpha value is -2.37. The fourth-order valence-corrected chi connectivity index (χ4v) is 6.94. The van der Waals surface area contributed by atoms with E-state index in [1.165, 1.54) is 11.3 Å². The van der Waals surface area contributed by atoms with Gasteiger partial charge in [-0.1, -0.05) is 50.3 Å².